The van der Waals surface area contributed by atoms with Crippen molar-refractivity contribution in [2.75, 3.05) is 6.54 Å². The van der Waals surface area contributed by atoms with Crippen molar-refractivity contribution in [1.29, 1.82) is 0 Å². The van der Waals surface area contributed by atoms with E-state index in [4.69, 9.17) is 0 Å². The van der Waals surface area contributed by atoms with Crippen molar-refractivity contribution < 1.29 is 31.9 Å². The number of amides is 2. The molecular formula is C21H22F4N2O3. The van der Waals surface area contributed by atoms with Crippen molar-refractivity contribution in [2.24, 2.45) is 5.92 Å². The van der Waals surface area contributed by atoms with Gasteiger partial charge in [-0.2, -0.15) is 8.78 Å². The summed E-state index contributed by atoms with van der Waals surface area (Å²) in [7, 11) is 0. The van der Waals surface area contributed by atoms with Gasteiger partial charge in [-0.05, 0) is 42.2 Å². The van der Waals surface area contributed by atoms with E-state index in [2.05, 4.69) is 15.4 Å². The summed E-state index contributed by atoms with van der Waals surface area (Å²) in [5, 5.41) is 5.02. The molecule has 30 heavy (non-hydrogen) atoms. The highest BCUT2D eigenvalue weighted by Gasteiger charge is 2.27. The van der Waals surface area contributed by atoms with Crippen molar-refractivity contribution in [1.82, 2.24) is 10.6 Å². The summed E-state index contributed by atoms with van der Waals surface area (Å²) in [5.41, 5.74) is 0.0255. The topological polar surface area (TPSA) is 67.4 Å². The summed E-state index contributed by atoms with van der Waals surface area (Å²) in [4.78, 5) is 24.7. The molecule has 1 atom stereocenters. The van der Waals surface area contributed by atoms with E-state index in [9.17, 15) is 27.2 Å². The van der Waals surface area contributed by atoms with Gasteiger partial charge in [-0.25, -0.2) is 8.78 Å². The molecule has 0 radical (unpaired) electrons. The third-order valence-electron chi connectivity index (χ3n) is 4.29. The minimum absolute atomic E-state index is 0.0285. The monoisotopic (exact) mass is 426 g/mol. The second-order valence-electron chi connectivity index (χ2n) is 6.86. The Morgan fingerprint density at radius 2 is 1.60 bits per heavy atom. The van der Waals surface area contributed by atoms with Crippen LogP contribution in [-0.4, -0.2) is 31.0 Å². The third kappa shape index (κ3) is 6.47. The lowest BCUT2D eigenvalue weighted by molar-refractivity contribution is -0.123. The second kappa shape index (κ2) is 10.6. The van der Waals surface area contributed by atoms with Crippen LogP contribution < -0.4 is 15.4 Å². The van der Waals surface area contributed by atoms with E-state index >= 15 is 0 Å². The first-order valence-electron chi connectivity index (χ1n) is 9.25. The number of carbonyl (C=O) groups excluding carboxylic acids is 2. The van der Waals surface area contributed by atoms with E-state index < -0.39 is 41.7 Å². The molecule has 162 valence electrons. The zero-order valence-electron chi connectivity index (χ0n) is 16.4. The number of hydrogen-bond donors (Lipinski definition) is 2. The SMILES string of the molecule is CC(C)[C@H](NC(=O)c1c(F)cccc1F)C(=O)NCCc1ccc(OC(F)F)cc1. The normalized spacial score (nSPS) is 12.0. The Hall–Kier alpha value is -3.10. The average molecular weight is 426 g/mol. The molecule has 9 heteroatoms. The Bertz CT molecular complexity index is 853. The van der Waals surface area contributed by atoms with Crippen LogP contribution in [0.25, 0.3) is 0 Å². The Labute approximate surface area is 171 Å². The van der Waals surface area contributed by atoms with E-state index in [-0.39, 0.29) is 18.2 Å². The maximum atomic E-state index is 13.8. The van der Waals surface area contributed by atoms with E-state index in [0.29, 0.717) is 6.42 Å². The molecule has 0 spiro atoms. The first-order valence-corrected chi connectivity index (χ1v) is 9.25. The van der Waals surface area contributed by atoms with Gasteiger partial charge in [0.2, 0.25) is 5.91 Å². The zero-order valence-corrected chi connectivity index (χ0v) is 16.4. The summed E-state index contributed by atoms with van der Waals surface area (Å²) >= 11 is 0. The molecule has 0 saturated heterocycles. The van der Waals surface area contributed by atoms with Crippen LogP contribution in [0, 0.1) is 17.6 Å². The van der Waals surface area contributed by atoms with Gasteiger partial charge < -0.3 is 15.4 Å². The van der Waals surface area contributed by atoms with Crippen LogP contribution in [0.15, 0.2) is 42.5 Å². The van der Waals surface area contributed by atoms with E-state index in [1.165, 1.54) is 12.1 Å². The number of rotatable bonds is 9. The minimum Gasteiger partial charge on any atom is -0.435 e. The predicted molar refractivity (Wildman–Crippen MR) is 102 cm³/mol. The molecule has 2 aromatic carbocycles. The maximum absolute atomic E-state index is 13.8. The molecule has 0 unspecified atom stereocenters. The molecule has 2 aromatic rings. The highest BCUT2D eigenvalue weighted by molar-refractivity contribution is 5.98. The van der Waals surface area contributed by atoms with Gasteiger partial charge in [-0.1, -0.05) is 32.0 Å². The van der Waals surface area contributed by atoms with Crippen LogP contribution >= 0.6 is 0 Å². The Morgan fingerprint density at radius 3 is 2.13 bits per heavy atom. The number of hydrogen-bond acceptors (Lipinski definition) is 3. The quantitative estimate of drug-likeness (QED) is 0.602. The molecule has 0 aromatic heterocycles. The van der Waals surface area contributed by atoms with Gasteiger partial charge in [-0.15, -0.1) is 0 Å². The minimum atomic E-state index is -2.91. The van der Waals surface area contributed by atoms with Crippen molar-refractivity contribution in [3.8, 4) is 5.75 Å². The van der Waals surface area contributed by atoms with Gasteiger partial charge in [0.15, 0.2) is 0 Å². The van der Waals surface area contributed by atoms with Gasteiger partial charge in [0, 0.05) is 6.54 Å². The fourth-order valence-electron chi connectivity index (χ4n) is 2.74. The third-order valence-corrected chi connectivity index (χ3v) is 4.29. The summed E-state index contributed by atoms with van der Waals surface area (Å²) < 4.78 is 56.2. The summed E-state index contributed by atoms with van der Waals surface area (Å²) in [6.07, 6.45) is 0.404. The Balaban J connectivity index is 1.93. The molecule has 2 N–H and O–H groups in total. The number of carbonyl (C=O) groups is 2. The lowest BCUT2D eigenvalue weighted by atomic mass is 10.0. The molecule has 0 aliphatic heterocycles. The van der Waals surface area contributed by atoms with Gasteiger partial charge in [0.25, 0.3) is 5.91 Å². The first-order chi connectivity index (χ1) is 14.2. The summed E-state index contributed by atoms with van der Waals surface area (Å²) in [6, 6.07) is 8.02. The number of ether oxygens (including phenoxy) is 1. The lowest BCUT2D eigenvalue weighted by Crippen LogP contribution is -2.50. The molecule has 0 aliphatic rings. The van der Waals surface area contributed by atoms with Crippen molar-refractivity contribution in [3.05, 3.63) is 65.2 Å². The van der Waals surface area contributed by atoms with E-state index in [1.54, 1.807) is 26.0 Å². The predicted octanol–water partition coefficient (Wildman–Crippen LogP) is 3.68. The largest absolute Gasteiger partial charge is 0.435 e. The van der Waals surface area contributed by atoms with Gasteiger partial charge in [-0.3, -0.25) is 9.59 Å². The van der Waals surface area contributed by atoms with Crippen LogP contribution in [0.1, 0.15) is 29.8 Å². The summed E-state index contributed by atoms with van der Waals surface area (Å²) in [5.74, 6) is -3.87. The molecule has 2 rings (SSSR count). The average Bonchev–Trinajstić information content (AvgIpc) is 2.66. The molecular weight excluding hydrogens is 404 g/mol. The number of alkyl halides is 2. The van der Waals surface area contributed by atoms with Crippen LogP contribution in [0.4, 0.5) is 17.6 Å². The van der Waals surface area contributed by atoms with Gasteiger partial charge in [0.05, 0.1) is 0 Å². The fourth-order valence-corrected chi connectivity index (χ4v) is 2.74. The van der Waals surface area contributed by atoms with E-state index in [0.717, 1.165) is 23.8 Å². The highest BCUT2D eigenvalue weighted by Crippen LogP contribution is 2.15. The van der Waals surface area contributed by atoms with Gasteiger partial charge in [0.1, 0.15) is 29.0 Å². The molecule has 0 aliphatic carbocycles. The van der Waals surface area contributed by atoms with Crippen LogP contribution in [0.5, 0.6) is 5.75 Å². The Kier molecular flexibility index (Phi) is 8.20. The molecule has 0 bridgehead atoms. The van der Waals surface area contributed by atoms with Crippen LogP contribution in [0.3, 0.4) is 0 Å². The zero-order chi connectivity index (χ0) is 22.3. The Morgan fingerprint density at radius 1 is 1.00 bits per heavy atom. The van der Waals surface area contributed by atoms with E-state index in [1.807, 2.05) is 0 Å². The summed E-state index contributed by atoms with van der Waals surface area (Å²) in [6.45, 7) is 0.672. The molecule has 0 heterocycles. The first kappa shape index (κ1) is 23.2. The van der Waals surface area contributed by atoms with Crippen LogP contribution in [-0.2, 0) is 11.2 Å². The molecule has 0 fully saturated rings. The maximum Gasteiger partial charge on any atom is 0.387 e. The standard InChI is InChI=1S/C21H22F4N2O3/c1-12(2)18(27-19(28)17-15(22)4-3-5-16(17)23)20(29)26-11-10-13-6-8-14(9-7-13)30-21(24)25/h3-9,12,18,21H,10-11H2,1-2H3,(H,26,29)(H,27,28)/t18-/m0/s1. The van der Waals surface area contributed by atoms with Crippen molar-refractivity contribution in [2.45, 2.75) is 32.9 Å². The second-order valence-corrected chi connectivity index (χ2v) is 6.86. The number of nitrogens with one attached hydrogen (secondary N) is 2. The lowest BCUT2D eigenvalue weighted by Gasteiger charge is -2.22. The molecule has 2 amide bonds. The van der Waals surface area contributed by atoms with Crippen LogP contribution in [0.2, 0.25) is 0 Å². The number of halogens is 4. The molecule has 0 saturated carbocycles. The smallest absolute Gasteiger partial charge is 0.387 e. The van der Waals surface area contributed by atoms with Crippen molar-refractivity contribution in [3.63, 3.8) is 0 Å². The fraction of sp³-hybridized carbons (Fsp3) is 0.333. The van der Waals surface area contributed by atoms with Gasteiger partial charge >= 0.3 is 6.61 Å². The molecule has 5 nitrogen and oxygen atoms in total. The highest BCUT2D eigenvalue weighted by atomic mass is 19.3. The number of benzene rings is 2. The van der Waals surface area contributed by atoms with Crippen molar-refractivity contribution >= 4 is 11.8 Å².